The predicted molar refractivity (Wildman–Crippen MR) is 60.8 cm³/mol. The molecule has 1 unspecified atom stereocenters. The number of allylic oxidation sites excluding steroid dienone is 1. The summed E-state index contributed by atoms with van der Waals surface area (Å²) in [6.45, 7) is 2.84. The van der Waals surface area contributed by atoms with Crippen molar-refractivity contribution in [3.05, 3.63) is 24.7 Å². The summed E-state index contributed by atoms with van der Waals surface area (Å²) in [5.41, 5.74) is 0. The van der Waals surface area contributed by atoms with Crippen LogP contribution in [0.4, 0.5) is 0 Å². The summed E-state index contributed by atoms with van der Waals surface area (Å²) in [6, 6.07) is 0. The maximum atomic E-state index is 5.46. The molecule has 0 fully saturated rings. The van der Waals surface area contributed by atoms with Crippen LogP contribution in [0.25, 0.3) is 0 Å². The summed E-state index contributed by atoms with van der Waals surface area (Å²) in [6.07, 6.45) is 11.1. The van der Waals surface area contributed by atoms with E-state index in [0.29, 0.717) is 6.10 Å². The molecule has 2 rings (SSSR count). The minimum absolute atomic E-state index is 0.344. The van der Waals surface area contributed by atoms with Gasteiger partial charge in [0, 0.05) is 19.3 Å². The number of ether oxygens (including phenoxy) is 1. The SMILES string of the molecule is C1=COC(CNCCCn2ccnn2)CC1. The van der Waals surface area contributed by atoms with Crippen molar-refractivity contribution in [1.29, 1.82) is 0 Å². The Balaban J connectivity index is 1.50. The third-order valence-corrected chi connectivity index (χ3v) is 2.61. The molecule has 1 atom stereocenters. The van der Waals surface area contributed by atoms with Gasteiger partial charge in [0.05, 0.1) is 12.5 Å². The zero-order chi connectivity index (χ0) is 11.1. The normalized spacial score (nSPS) is 19.6. The molecule has 5 heteroatoms. The van der Waals surface area contributed by atoms with Crippen LogP contribution >= 0.6 is 0 Å². The Morgan fingerprint density at radius 3 is 3.25 bits per heavy atom. The van der Waals surface area contributed by atoms with Gasteiger partial charge in [0.15, 0.2) is 0 Å². The molecule has 0 amide bonds. The van der Waals surface area contributed by atoms with Gasteiger partial charge in [0.1, 0.15) is 6.10 Å². The molecule has 1 aromatic rings. The molecule has 0 aromatic carbocycles. The van der Waals surface area contributed by atoms with Crippen LogP contribution in [0, 0.1) is 0 Å². The Kier molecular flexibility index (Phi) is 4.37. The van der Waals surface area contributed by atoms with E-state index in [9.17, 15) is 0 Å². The number of nitrogens with zero attached hydrogens (tertiary/aromatic N) is 3. The van der Waals surface area contributed by atoms with Crippen LogP contribution in [0.5, 0.6) is 0 Å². The van der Waals surface area contributed by atoms with Gasteiger partial charge in [-0.25, -0.2) is 0 Å². The number of hydrogen-bond acceptors (Lipinski definition) is 4. The van der Waals surface area contributed by atoms with Gasteiger partial charge in [-0.05, 0) is 31.9 Å². The topological polar surface area (TPSA) is 52.0 Å². The van der Waals surface area contributed by atoms with Crippen LogP contribution in [0.1, 0.15) is 19.3 Å². The molecule has 1 N–H and O–H groups in total. The fraction of sp³-hybridized carbons (Fsp3) is 0.636. The number of aromatic nitrogens is 3. The van der Waals surface area contributed by atoms with Crippen LogP contribution in [0.2, 0.25) is 0 Å². The first-order valence-corrected chi connectivity index (χ1v) is 5.80. The molecule has 1 aliphatic heterocycles. The first kappa shape index (κ1) is 11.1. The highest BCUT2D eigenvalue weighted by Gasteiger charge is 2.09. The van der Waals surface area contributed by atoms with Gasteiger partial charge in [0.25, 0.3) is 0 Å². The van der Waals surface area contributed by atoms with Gasteiger partial charge in [-0.3, -0.25) is 4.68 Å². The molecule has 5 nitrogen and oxygen atoms in total. The second kappa shape index (κ2) is 6.27. The van der Waals surface area contributed by atoms with Gasteiger partial charge >= 0.3 is 0 Å². The Morgan fingerprint density at radius 1 is 1.50 bits per heavy atom. The molecule has 1 aliphatic rings. The molecule has 0 radical (unpaired) electrons. The first-order chi connectivity index (χ1) is 7.95. The summed E-state index contributed by atoms with van der Waals surface area (Å²) in [7, 11) is 0. The fourth-order valence-corrected chi connectivity index (χ4v) is 1.72. The van der Waals surface area contributed by atoms with Crippen LogP contribution in [0.15, 0.2) is 24.7 Å². The maximum absolute atomic E-state index is 5.46. The average Bonchev–Trinajstić information content (AvgIpc) is 2.83. The lowest BCUT2D eigenvalue weighted by molar-refractivity contribution is 0.122. The maximum Gasteiger partial charge on any atom is 0.110 e. The summed E-state index contributed by atoms with van der Waals surface area (Å²) in [4.78, 5) is 0. The molecule has 2 heterocycles. The van der Waals surface area contributed by atoms with Crippen LogP contribution in [0.3, 0.4) is 0 Å². The summed E-state index contributed by atoms with van der Waals surface area (Å²) >= 11 is 0. The van der Waals surface area contributed by atoms with E-state index < -0.39 is 0 Å². The second-order valence-corrected chi connectivity index (χ2v) is 3.93. The average molecular weight is 222 g/mol. The Hall–Kier alpha value is -1.36. The fourth-order valence-electron chi connectivity index (χ4n) is 1.72. The molecule has 16 heavy (non-hydrogen) atoms. The monoisotopic (exact) mass is 222 g/mol. The molecular formula is C11H18N4O. The lowest BCUT2D eigenvalue weighted by Crippen LogP contribution is -2.30. The van der Waals surface area contributed by atoms with Crippen molar-refractivity contribution in [2.45, 2.75) is 31.9 Å². The number of nitrogens with one attached hydrogen (secondary N) is 1. The van der Waals surface area contributed by atoms with Gasteiger partial charge < -0.3 is 10.1 Å². The van der Waals surface area contributed by atoms with Crippen molar-refractivity contribution in [3.8, 4) is 0 Å². The molecule has 0 aliphatic carbocycles. The van der Waals surface area contributed by atoms with Gasteiger partial charge in [-0.15, -0.1) is 5.10 Å². The lowest BCUT2D eigenvalue weighted by atomic mass is 10.1. The van der Waals surface area contributed by atoms with Crippen LogP contribution in [-0.4, -0.2) is 34.2 Å². The van der Waals surface area contributed by atoms with Crippen molar-refractivity contribution in [2.24, 2.45) is 0 Å². The summed E-state index contributed by atoms with van der Waals surface area (Å²) in [5.74, 6) is 0. The van der Waals surface area contributed by atoms with Gasteiger partial charge in [-0.2, -0.15) is 0 Å². The van der Waals surface area contributed by atoms with Crippen molar-refractivity contribution in [2.75, 3.05) is 13.1 Å². The van der Waals surface area contributed by atoms with E-state index >= 15 is 0 Å². The molecule has 0 saturated carbocycles. The Bertz CT molecular complexity index is 310. The minimum atomic E-state index is 0.344. The highest BCUT2D eigenvalue weighted by atomic mass is 16.5. The van der Waals surface area contributed by atoms with E-state index in [-0.39, 0.29) is 0 Å². The highest BCUT2D eigenvalue weighted by Crippen LogP contribution is 2.08. The second-order valence-electron chi connectivity index (χ2n) is 3.93. The quantitative estimate of drug-likeness (QED) is 0.728. The van der Waals surface area contributed by atoms with E-state index in [1.807, 2.05) is 17.1 Å². The minimum Gasteiger partial charge on any atom is -0.497 e. The smallest absolute Gasteiger partial charge is 0.110 e. The van der Waals surface area contributed by atoms with Gasteiger partial charge in [0.2, 0.25) is 0 Å². The van der Waals surface area contributed by atoms with Gasteiger partial charge in [-0.1, -0.05) is 5.21 Å². The molecule has 1 aromatic heterocycles. The number of rotatable bonds is 6. The van der Waals surface area contributed by atoms with E-state index in [1.165, 1.54) is 0 Å². The number of aryl methyl sites for hydroxylation is 1. The highest BCUT2D eigenvalue weighted by molar-refractivity contribution is 4.82. The van der Waals surface area contributed by atoms with E-state index in [0.717, 1.165) is 38.9 Å². The third-order valence-electron chi connectivity index (χ3n) is 2.61. The van der Waals surface area contributed by atoms with Crippen molar-refractivity contribution < 1.29 is 4.74 Å². The standard InChI is InChI=1S/C11H18N4O/c1-2-9-16-11(4-1)10-12-5-3-7-15-8-6-13-14-15/h2,6,8-9,11-12H,1,3-5,7,10H2. The zero-order valence-electron chi connectivity index (χ0n) is 9.38. The largest absolute Gasteiger partial charge is 0.497 e. The van der Waals surface area contributed by atoms with E-state index in [4.69, 9.17) is 4.74 Å². The van der Waals surface area contributed by atoms with Crippen LogP contribution in [-0.2, 0) is 11.3 Å². The van der Waals surface area contributed by atoms with Crippen molar-refractivity contribution in [1.82, 2.24) is 20.3 Å². The number of hydrogen-bond donors (Lipinski definition) is 1. The molecule has 0 bridgehead atoms. The predicted octanol–water partition coefficient (Wildman–Crippen LogP) is 0.950. The zero-order valence-corrected chi connectivity index (χ0v) is 9.38. The lowest BCUT2D eigenvalue weighted by Gasteiger charge is -2.19. The molecule has 88 valence electrons. The van der Waals surface area contributed by atoms with Crippen molar-refractivity contribution >= 4 is 0 Å². The first-order valence-electron chi connectivity index (χ1n) is 5.80. The Morgan fingerprint density at radius 2 is 2.50 bits per heavy atom. The van der Waals surface area contributed by atoms with E-state index in [1.54, 1.807) is 6.20 Å². The summed E-state index contributed by atoms with van der Waals surface area (Å²) in [5, 5.41) is 11.1. The Labute approximate surface area is 95.5 Å². The van der Waals surface area contributed by atoms with Crippen LogP contribution < -0.4 is 5.32 Å². The molecule has 0 spiro atoms. The molecule has 0 saturated heterocycles. The summed E-state index contributed by atoms with van der Waals surface area (Å²) < 4.78 is 7.31. The molecular weight excluding hydrogens is 204 g/mol. The third kappa shape index (κ3) is 3.66. The van der Waals surface area contributed by atoms with Crippen molar-refractivity contribution in [3.63, 3.8) is 0 Å². The van der Waals surface area contributed by atoms with E-state index in [2.05, 4.69) is 21.7 Å².